The van der Waals surface area contributed by atoms with Crippen LogP contribution in [0.1, 0.15) is 38.7 Å². The van der Waals surface area contributed by atoms with E-state index in [2.05, 4.69) is 6.08 Å². The first-order valence-corrected chi connectivity index (χ1v) is 7.71. The van der Waals surface area contributed by atoms with Gasteiger partial charge in [0.05, 0.1) is 0 Å². The lowest BCUT2D eigenvalue weighted by molar-refractivity contribution is 0.332. The third kappa shape index (κ3) is 3.85. The number of allylic oxidation sites excluding steroid dienone is 5. The van der Waals surface area contributed by atoms with Crippen molar-refractivity contribution in [2.24, 2.45) is 5.92 Å². The lowest BCUT2D eigenvalue weighted by atomic mass is 9.86. The normalized spacial score (nSPS) is 18.9. The summed E-state index contributed by atoms with van der Waals surface area (Å²) in [5, 5.41) is 0. The van der Waals surface area contributed by atoms with E-state index in [4.69, 9.17) is 4.74 Å². The molecule has 0 amide bonds. The minimum Gasteiger partial charge on any atom is -0.486 e. The molecule has 0 heterocycles. The van der Waals surface area contributed by atoms with E-state index in [-0.39, 0.29) is 12.4 Å². The van der Waals surface area contributed by atoms with Gasteiger partial charge in [-0.05, 0) is 56.7 Å². The van der Waals surface area contributed by atoms with Crippen LogP contribution in [0.3, 0.4) is 0 Å². The van der Waals surface area contributed by atoms with Gasteiger partial charge in [-0.25, -0.2) is 4.39 Å². The van der Waals surface area contributed by atoms with Gasteiger partial charge in [0.1, 0.15) is 6.61 Å². The van der Waals surface area contributed by atoms with Crippen molar-refractivity contribution < 1.29 is 13.5 Å². The highest BCUT2D eigenvalue weighted by molar-refractivity contribution is 5.67. The van der Waals surface area contributed by atoms with Crippen LogP contribution in [0.4, 0.5) is 8.78 Å². The predicted molar refractivity (Wildman–Crippen MR) is 86.8 cm³/mol. The number of ether oxygens (including phenoxy) is 1. The van der Waals surface area contributed by atoms with Crippen molar-refractivity contribution in [3.63, 3.8) is 0 Å². The maximum atomic E-state index is 14.3. The van der Waals surface area contributed by atoms with Gasteiger partial charge in [-0.3, -0.25) is 0 Å². The summed E-state index contributed by atoms with van der Waals surface area (Å²) in [5.41, 5.74) is 1.24. The van der Waals surface area contributed by atoms with E-state index >= 15 is 0 Å². The van der Waals surface area contributed by atoms with Crippen LogP contribution >= 0.6 is 0 Å². The van der Waals surface area contributed by atoms with Crippen LogP contribution in [-0.2, 0) is 0 Å². The first-order valence-electron chi connectivity index (χ1n) is 7.71. The molecule has 0 aliphatic heterocycles. The van der Waals surface area contributed by atoms with Crippen molar-refractivity contribution in [2.75, 3.05) is 6.61 Å². The molecule has 0 radical (unpaired) electrons. The largest absolute Gasteiger partial charge is 0.486 e. The van der Waals surface area contributed by atoms with Crippen LogP contribution in [0.2, 0.25) is 0 Å². The van der Waals surface area contributed by atoms with Gasteiger partial charge in [0.2, 0.25) is 5.82 Å². The molecule has 0 fully saturated rings. The molecular weight excluding hydrogens is 282 g/mol. The van der Waals surface area contributed by atoms with Crippen molar-refractivity contribution in [3.8, 4) is 5.75 Å². The lowest BCUT2D eigenvalue weighted by Gasteiger charge is -2.20. The summed E-state index contributed by atoms with van der Waals surface area (Å²) in [4.78, 5) is 0. The van der Waals surface area contributed by atoms with Crippen molar-refractivity contribution in [1.82, 2.24) is 0 Å². The molecule has 1 aliphatic rings. The van der Waals surface area contributed by atoms with Gasteiger partial charge in [0.25, 0.3) is 0 Å². The number of hydrogen-bond donors (Lipinski definition) is 0. The summed E-state index contributed by atoms with van der Waals surface area (Å²) in [6.07, 6.45) is 12.4. The second-order valence-corrected chi connectivity index (χ2v) is 5.41. The highest BCUT2D eigenvalue weighted by Crippen LogP contribution is 2.34. The standard InChI is InChI=1S/C19H22F2O/c1-3-5-13-22-17-12-11-16(18(20)19(17)21)15-9-7-14(6-4-2)8-10-15/h3-6,9,11-12,14H,7-8,10,13H2,1-2H3. The molecule has 0 aromatic heterocycles. The van der Waals surface area contributed by atoms with Crippen LogP contribution in [0, 0.1) is 17.6 Å². The number of halogens is 2. The topological polar surface area (TPSA) is 9.23 Å². The Morgan fingerprint density at radius 1 is 1.18 bits per heavy atom. The number of hydrogen-bond acceptors (Lipinski definition) is 1. The fourth-order valence-electron chi connectivity index (χ4n) is 2.67. The molecular formula is C19H22F2O. The highest BCUT2D eigenvalue weighted by Gasteiger charge is 2.20. The van der Waals surface area contributed by atoms with E-state index in [9.17, 15) is 8.78 Å². The van der Waals surface area contributed by atoms with Gasteiger partial charge in [-0.15, -0.1) is 0 Å². The summed E-state index contributed by atoms with van der Waals surface area (Å²) >= 11 is 0. The maximum absolute atomic E-state index is 14.3. The fraction of sp³-hybridized carbons (Fsp3) is 0.368. The molecule has 0 saturated heterocycles. The van der Waals surface area contributed by atoms with Crippen LogP contribution in [0.15, 0.2) is 42.5 Å². The lowest BCUT2D eigenvalue weighted by Crippen LogP contribution is -2.05. The molecule has 1 nitrogen and oxygen atoms in total. The minimum atomic E-state index is -0.904. The van der Waals surface area contributed by atoms with Gasteiger partial charge in [-0.2, -0.15) is 4.39 Å². The Hall–Kier alpha value is -1.90. The molecule has 118 valence electrons. The molecule has 1 aromatic rings. The number of rotatable bonds is 5. The molecule has 3 heteroatoms. The smallest absolute Gasteiger partial charge is 0.201 e. The molecule has 1 atom stereocenters. The van der Waals surface area contributed by atoms with E-state index in [0.29, 0.717) is 11.5 Å². The molecule has 0 saturated carbocycles. The van der Waals surface area contributed by atoms with Crippen LogP contribution in [-0.4, -0.2) is 6.61 Å². The SMILES string of the molecule is CC=CCOc1ccc(C2=CCC(C=CC)CC2)c(F)c1F. The molecule has 22 heavy (non-hydrogen) atoms. The van der Waals surface area contributed by atoms with E-state index < -0.39 is 11.6 Å². The predicted octanol–water partition coefficient (Wildman–Crippen LogP) is 5.68. The van der Waals surface area contributed by atoms with Crippen LogP contribution in [0.5, 0.6) is 5.75 Å². The second-order valence-electron chi connectivity index (χ2n) is 5.41. The number of benzene rings is 1. The van der Waals surface area contributed by atoms with Gasteiger partial charge in [0.15, 0.2) is 11.6 Å². The zero-order valence-corrected chi connectivity index (χ0v) is 13.1. The third-order valence-corrected chi connectivity index (χ3v) is 3.88. The molecule has 0 N–H and O–H groups in total. The summed E-state index contributed by atoms with van der Waals surface area (Å²) in [6.45, 7) is 4.08. The van der Waals surface area contributed by atoms with Crippen LogP contribution < -0.4 is 4.74 Å². The van der Waals surface area contributed by atoms with Gasteiger partial charge in [-0.1, -0.05) is 30.4 Å². The zero-order chi connectivity index (χ0) is 15.9. The summed E-state index contributed by atoms with van der Waals surface area (Å²) in [5.74, 6) is -1.25. The van der Waals surface area contributed by atoms with Gasteiger partial charge in [0, 0.05) is 5.56 Å². The highest BCUT2D eigenvalue weighted by atomic mass is 19.2. The Morgan fingerprint density at radius 2 is 2.00 bits per heavy atom. The monoisotopic (exact) mass is 304 g/mol. The molecule has 1 unspecified atom stereocenters. The molecule has 0 spiro atoms. The Morgan fingerprint density at radius 3 is 2.64 bits per heavy atom. The maximum Gasteiger partial charge on any atom is 0.201 e. The first kappa shape index (κ1) is 16.5. The van der Waals surface area contributed by atoms with Crippen molar-refractivity contribution in [1.29, 1.82) is 0 Å². The molecule has 0 bridgehead atoms. The average Bonchev–Trinajstić information content (AvgIpc) is 2.53. The summed E-state index contributed by atoms with van der Waals surface area (Å²) in [6, 6.07) is 3.13. The van der Waals surface area contributed by atoms with E-state index in [0.717, 1.165) is 24.8 Å². The van der Waals surface area contributed by atoms with Gasteiger partial charge < -0.3 is 4.74 Å². The Balaban J connectivity index is 2.17. The van der Waals surface area contributed by atoms with E-state index in [1.54, 1.807) is 18.2 Å². The van der Waals surface area contributed by atoms with Crippen molar-refractivity contribution >= 4 is 5.57 Å². The van der Waals surface area contributed by atoms with E-state index in [1.807, 2.05) is 26.0 Å². The minimum absolute atomic E-state index is 0.0393. The van der Waals surface area contributed by atoms with Crippen LogP contribution in [0.25, 0.3) is 5.57 Å². The van der Waals surface area contributed by atoms with Crippen molar-refractivity contribution in [3.05, 3.63) is 59.7 Å². The molecule has 2 rings (SSSR count). The summed E-state index contributed by atoms with van der Waals surface area (Å²) in [7, 11) is 0. The third-order valence-electron chi connectivity index (χ3n) is 3.88. The molecule has 1 aromatic carbocycles. The van der Waals surface area contributed by atoms with E-state index in [1.165, 1.54) is 6.07 Å². The first-order chi connectivity index (χ1) is 10.7. The fourth-order valence-corrected chi connectivity index (χ4v) is 2.67. The second kappa shape index (κ2) is 7.92. The Bertz CT molecular complexity index is 600. The molecule has 1 aliphatic carbocycles. The van der Waals surface area contributed by atoms with Crippen molar-refractivity contribution in [2.45, 2.75) is 33.1 Å². The van der Waals surface area contributed by atoms with Gasteiger partial charge >= 0.3 is 0 Å². The Labute approximate surface area is 131 Å². The Kier molecular flexibility index (Phi) is 5.93. The summed E-state index contributed by atoms with van der Waals surface area (Å²) < 4.78 is 33.6. The quantitative estimate of drug-likeness (QED) is 0.636. The zero-order valence-electron chi connectivity index (χ0n) is 13.1. The average molecular weight is 304 g/mol.